The zero-order valence-corrected chi connectivity index (χ0v) is 25.0. The van der Waals surface area contributed by atoms with Crippen LogP contribution in [0.1, 0.15) is 89.4 Å². The maximum absolute atomic E-state index is 14.1. The van der Waals surface area contributed by atoms with Crippen molar-refractivity contribution in [3.8, 4) is 0 Å². The van der Waals surface area contributed by atoms with Gasteiger partial charge in [-0.25, -0.2) is 22.9 Å². The zero-order valence-electron chi connectivity index (χ0n) is 24.1. The van der Waals surface area contributed by atoms with E-state index in [1.54, 1.807) is 12.3 Å². The van der Waals surface area contributed by atoms with Gasteiger partial charge >= 0.3 is 6.18 Å². The first-order valence-corrected chi connectivity index (χ1v) is 15.8. The first-order valence-electron chi connectivity index (χ1n) is 14.9. The molecule has 2 saturated carbocycles. The molecule has 0 unspecified atom stereocenters. The van der Waals surface area contributed by atoms with Crippen molar-refractivity contribution in [3.63, 3.8) is 0 Å². The minimum atomic E-state index is -4.62. The van der Waals surface area contributed by atoms with Crippen LogP contribution in [-0.4, -0.2) is 65.1 Å². The molecule has 1 saturated heterocycles. The fourth-order valence-corrected chi connectivity index (χ4v) is 7.23. The Bertz CT molecular complexity index is 1750. The van der Waals surface area contributed by atoms with Gasteiger partial charge in [-0.3, -0.25) is 9.59 Å². The summed E-state index contributed by atoms with van der Waals surface area (Å²) in [6.07, 6.45) is -0.868. The second kappa shape index (κ2) is 11.3. The van der Waals surface area contributed by atoms with Crippen LogP contribution in [0.15, 0.2) is 28.6 Å². The molecule has 3 fully saturated rings. The molecule has 4 aromatic heterocycles. The number of nitrogens with zero attached hydrogens (tertiary/aromatic N) is 7. The summed E-state index contributed by atoms with van der Waals surface area (Å²) in [5.74, 6) is -4.37. The number of aromatic nitrogens is 7. The van der Waals surface area contributed by atoms with E-state index in [0.717, 1.165) is 24.2 Å². The number of hydrogen-bond acceptors (Lipinski definition) is 10. The van der Waals surface area contributed by atoms with E-state index in [1.165, 1.54) is 16.2 Å². The van der Waals surface area contributed by atoms with Crippen molar-refractivity contribution in [2.45, 2.75) is 87.9 Å². The Morgan fingerprint density at radius 2 is 1.96 bits per heavy atom. The standard InChI is InChI=1S/C28H28F5N9O3S/c29-27(30)5-3-16(4-6-27)21(38-24(43)23-22(15-1-2-15)40-45-41-23)17-12-42-19(36-17)7-14(11-35-42)8-26(10-20-39-34-13-46-20)9-18(28(31,32)33)37-25(26)44/h7,11-13,15-16,18,21H,1-6,8-10H2,(H,37,44)(H,38,43)/t18-,21-,26-/m0/s1. The van der Waals surface area contributed by atoms with E-state index in [0.29, 0.717) is 27.6 Å². The highest BCUT2D eigenvalue weighted by Crippen LogP contribution is 2.44. The maximum atomic E-state index is 14.1. The van der Waals surface area contributed by atoms with Gasteiger partial charge in [0, 0.05) is 25.2 Å². The molecule has 2 aliphatic carbocycles. The van der Waals surface area contributed by atoms with Crippen molar-refractivity contribution in [1.29, 1.82) is 0 Å². The third-order valence-electron chi connectivity index (χ3n) is 9.14. The molecule has 0 spiro atoms. The number of halogens is 5. The minimum absolute atomic E-state index is 0.0406. The van der Waals surface area contributed by atoms with Crippen LogP contribution in [0.5, 0.6) is 0 Å². The summed E-state index contributed by atoms with van der Waals surface area (Å²) in [4.78, 5) is 31.2. The van der Waals surface area contributed by atoms with Gasteiger partial charge in [-0.15, -0.1) is 21.5 Å². The second-order valence-corrected chi connectivity index (χ2v) is 13.4. The first-order chi connectivity index (χ1) is 21.9. The fraction of sp³-hybridized carbons (Fsp3) is 0.571. The summed E-state index contributed by atoms with van der Waals surface area (Å²) in [7, 11) is 0. The minimum Gasteiger partial charge on any atom is -0.344 e. The van der Waals surface area contributed by atoms with E-state index in [-0.39, 0.29) is 56.1 Å². The fourth-order valence-electron chi connectivity index (χ4n) is 6.56. The lowest BCUT2D eigenvalue weighted by Gasteiger charge is -2.33. The molecule has 2 amide bonds. The Kier molecular flexibility index (Phi) is 7.51. The highest BCUT2D eigenvalue weighted by molar-refractivity contribution is 7.09. The van der Waals surface area contributed by atoms with Crippen LogP contribution in [0.25, 0.3) is 5.65 Å². The Morgan fingerprint density at radius 3 is 2.63 bits per heavy atom. The summed E-state index contributed by atoms with van der Waals surface area (Å²) in [5.41, 5.74) is 1.65. The Balaban J connectivity index is 1.18. The summed E-state index contributed by atoms with van der Waals surface area (Å²) in [6, 6.07) is -1.16. The van der Waals surface area contributed by atoms with Gasteiger partial charge in [0.15, 0.2) is 11.3 Å². The third kappa shape index (κ3) is 6.05. The number of amides is 2. The van der Waals surface area contributed by atoms with Gasteiger partial charge in [0.1, 0.15) is 22.3 Å². The molecule has 2 N–H and O–H groups in total. The molecule has 0 radical (unpaired) electrons. The normalized spacial score (nSPS) is 24.3. The summed E-state index contributed by atoms with van der Waals surface area (Å²) in [5, 5.41) is 25.2. The topological polar surface area (TPSA) is 153 Å². The molecule has 18 heteroatoms. The highest BCUT2D eigenvalue weighted by atomic mass is 32.1. The van der Waals surface area contributed by atoms with Crippen molar-refractivity contribution in [2.75, 3.05) is 0 Å². The Labute approximate surface area is 261 Å². The van der Waals surface area contributed by atoms with Crippen molar-refractivity contribution >= 4 is 28.8 Å². The third-order valence-corrected chi connectivity index (χ3v) is 9.84. The largest absolute Gasteiger partial charge is 0.408 e. The van der Waals surface area contributed by atoms with Gasteiger partial charge in [-0.05, 0) is 61.2 Å². The van der Waals surface area contributed by atoms with E-state index in [1.807, 2.05) is 0 Å². The van der Waals surface area contributed by atoms with Gasteiger partial charge in [-0.1, -0.05) is 5.16 Å². The molecule has 7 rings (SSSR count). The van der Waals surface area contributed by atoms with Gasteiger partial charge in [-0.2, -0.15) is 18.3 Å². The number of carbonyl (C=O) groups excluding carboxylic acids is 2. The molecule has 0 bridgehead atoms. The number of nitrogens with one attached hydrogen (secondary N) is 2. The Morgan fingerprint density at radius 1 is 1.17 bits per heavy atom. The van der Waals surface area contributed by atoms with Crippen molar-refractivity contribution in [2.24, 2.45) is 11.3 Å². The van der Waals surface area contributed by atoms with Gasteiger partial charge in [0.25, 0.3) is 5.91 Å². The van der Waals surface area contributed by atoms with Crippen molar-refractivity contribution in [1.82, 2.24) is 45.7 Å². The molecule has 1 aliphatic heterocycles. The number of fused-ring (bicyclic) bond motifs is 1. The number of rotatable bonds is 9. The highest BCUT2D eigenvalue weighted by Gasteiger charge is 2.55. The quantitative estimate of drug-likeness (QED) is 0.248. The van der Waals surface area contributed by atoms with Gasteiger partial charge < -0.3 is 10.6 Å². The van der Waals surface area contributed by atoms with Crippen molar-refractivity contribution in [3.05, 3.63) is 51.6 Å². The molecule has 5 heterocycles. The smallest absolute Gasteiger partial charge is 0.344 e. The number of carbonyl (C=O) groups is 2. The second-order valence-electron chi connectivity index (χ2n) is 12.5. The van der Waals surface area contributed by atoms with Crippen LogP contribution in [0.4, 0.5) is 22.0 Å². The number of alkyl halides is 5. The van der Waals surface area contributed by atoms with Crippen LogP contribution in [0, 0.1) is 11.3 Å². The summed E-state index contributed by atoms with van der Waals surface area (Å²) in [6.45, 7) is 0. The van der Waals surface area contributed by atoms with E-state index in [9.17, 15) is 31.5 Å². The van der Waals surface area contributed by atoms with Gasteiger partial charge in [0.2, 0.25) is 11.8 Å². The molecule has 3 atom stereocenters. The van der Waals surface area contributed by atoms with Crippen molar-refractivity contribution < 1.29 is 36.2 Å². The lowest BCUT2D eigenvalue weighted by Crippen LogP contribution is -2.39. The Hall–Kier alpha value is -4.09. The molecule has 244 valence electrons. The molecular formula is C28H28F5N9O3S. The monoisotopic (exact) mass is 665 g/mol. The lowest BCUT2D eigenvalue weighted by atomic mass is 9.76. The lowest BCUT2D eigenvalue weighted by molar-refractivity contribution is -0.155. The summed E-state index contributed by atoms with van der Waals surface area (Å²) < 4.78 is 75.4. The molecule has 46 heavy (non-hydrogen) atoms. The predicted octanol–water partition coefficient (Wildman–Crippen LogP) is 4.36. The van der Waals surface area contributed by atoms with Crippen LogP contribution in [0.2, 0.25) is 0 Å². The maximum Gasteiger partial charge on any atom is 0.408 e. The molecule has 4 aromatic rings. The molecule has 12 nitrogen and oxygen atoms in total. The predicted molar refractivity (Wildman–Crippen MR) is 149 cm³/mol. The average molecular weight is 666 g/mol. The first kappa shape index (κ1) is 30.6. The van der Waals surface area contributed by atoms with Crippen LogP contribution in [0.3, 0.4) is 0 Å². The van der Waals surface area contributed by atoms with E-state index in [4.69, 9.17) is 4.63 Å². The van der Waals surface area contributed by atoms with Gasteiger partial charge in [0.05, 0.1) is 29.5 Å². The van der Waals surface area contributed by atoms with Crippen LogP contribution >= 0.6 is 11.3 Å². The van der Waals surface area contributed by atoms with E-state index in [2.05, 4.69) is 41.2 Å². The SMILES string of the molecule is O=C(N[C@H](c1cn2ncc(C[C@@]3(Cc4nncs4)C[C@@H](C(F)(F)F)NC3=O)cc2n1)C1CCC(F)(F)CC1)c1nonc1C1CC1. The molecule has 3 aliphatic rings. The average Bonchev–Trinajstić information content (AvgIpc) is 3.37. The molecular weight excluding hydrogens is 637 g/mol. The zero-order chi connectivity index (χ0) is 32.3. The van der Waals surface area contributed by atoms with E-state index >= 15 is 0 Å². The summed E-state index contributed by atoms with van der Waals surface area (Å²) >= 11 is 1.15. The van der Waals surface area contributed by atoms with Crippen LogP contribution < -0.4 is 10.6 Å². The number of imidazole rings is 1. The van der Waals surface area contributed by atoms with Crippen LogP contribution in [-0.2, 0) is 17.6 Å². The molecule has 0 aromatic carbocycles. The van der Waals surface area contributed by atoms with E-state index < -0.39 is 47.8 Å². The number of hydrogen-bond donors (Lipinski definition) is 2.